The third kappa shape index (κ3) is 4.81. The lowest BCUT2D eigenvalue weighted by molar-refractivity contribution is -0.0356. The molecule has 0 aromatic heterocycles. The molecule has 114 valence electrons. The number of benzene rings is 1. The van der Waals surface area contributed by atoms with Gasteiger partial charge in [-0.05, 0) is 52.4 Å². The highest BCUT2D eigenvalue weighted by atomic mass is 79.9. The summed E-state index contributed by atoms with van der Waals surface area (Å²) in [4.78, 5) is 0. The molecule has 1 rings (SSSR count). The van der Waals surface area contributed by atoms with Crippen LogP contribution in [0.1, 0.15) is 33.3 Å². The number of nitrogens with one attached hydrogen (secondary N) is 1. The molecule has 0 bridgehead atoms. The van der Waals surface area contributed by atoms with Crippen molar-refractivity contribution in [3.8, 4) is 0 Å². The highest BCUT2D eigenvalue weighted by Crippen LogP contribution is 2.27. The Bertz CT molecular complexity index is 434. The van der Waals surface area contributed by atoms with Crippen LogP contribution in [0.2, 0.25) is 0 Å². The maximum Gasteiger partial charge on any atom is 0.137 e. The van der Waals surface area contributed by atoms with Crippen LogP contribution in [0.15, 0.2) is 22.7 Å². The molecule has 2 unspecified atom stereocenters. The lowest BCUT2D eigenvalue weighted by atomic mass is 9.82. The zero-order chi connectivity index (χ0) is 15.3. The van der Waals surface area contributed by atoms with Crippen LogP contribution >= 0.6 is 15.9 Å². The van der Waals surface area contributed by atoms with E-state index in [0.717, 1.165) is 5.56 Å². The van der Waals surface area contributed by atoms with E-state index in [1.54, 1.807) is 12.1 Å². The van der Waals surface area contributed by atoms with Gasteiger partial charge < -0.3 is 4.74 Å². The number of hydrazine groups is 1. The highest BCUT2D eigenvalue weighted by molar-refractivity contribution is 9.10. The van der Waals surface area contributed by atoms with Gasteiger partial charge in [0, 0.05) is 6.61 Å². The molecule has 3 nitrogen and oxygen atoms in total. The topological polar surface area (TPSA) is 47.3 Å². The Balaban J connectivity index is 2.91. The molecule has 1 aromatic carbocycles. The van der Waals surface area contributed by atoms with Gasteiger partial charge in [0.05, 0.1) is 16.6 Å². The summed E-state index contributed by atoms with van der Waals surface area (Å²) in [5.74, 6) is 5.44. The first kappa shape index (κ1) is 17.6. The molecule has 0 aliphatic carbocycles. The molecule has 0 saturated carbocycles. The van der Waals surface area contributed by atoms with Gasteiger partial charge >= 0.3 is 0 Å². The first-order valence-electron chi connectivity index (χ1n) is 6.81. The summed E-state index contributed by atoms with van der Waals surface area (Å²) in [6.07, 6.45) is 0.651. The second-order valence-electron chi connectivity index (χ2n) is 5.97. The van der Waals surface area contributed by atoms with E-state index in [-0.39, 0.29) is 23.4 Å². The first-order valence-corrected chi connectivity index (χ1v) is 7.60. The Hall–Kier alpha value is -0.490. The van der Waals surface area contributed by atoms with E-state index in [9.17, 15) is 4.39 Å². The fraction of sp³-hybridized carbons (Fsp3) is 0.600. The minimum atomic E-state index is -0.261. The number of hydrogen-bond donors (Lipinski definition) is 2. The average Bonchev–Trinajstić information content (AvgIpc) is 2.36. The number of hydrogen-bond acceptors (Lipinski definition) is 3. The third-order valence-corrected chi connectivity index (χ3v) is 3.83. The van der Waals surface area contributed by atoms with E-state index in [0.29, 0.717) is 17.5 Å². The molecule has 0 spiro atoms. The molecular formula is C15H24BrFN2O. The summed E-state index contributed by atoms with van der Waals surface area (Å²) in [7, 11) is 0. The van der Waals surface area contributed by atoms with Gasteiger partial charge in [0.2, 0.25) is 0 Å². The monoisotopic (exact) mass is 346 g/mol. The predicted molar refractivity (Wildman–Crippen MR) is 83.8 cm³/mol. The van der Waals surface area contributed by atoms with Crippen LogP contribution in [0.4, 0.5) is 4.39 Å². The fourth-order valence-electron chi connectivity index (χ4n) is 2.32. The van der Waals surface area contributed by atoms with Crippen molar-refractivity contribution >= 4 is 15.9 Å². The summed E-state index contributed by atoms with van der Waals surface area (Å²) in [6, 6.07) is 4.98. The third-order valence-electron chi connectivity index (χ3n) is 3.22. The van der Waals surface area contributed by atoms with Gasteiger partial charge in [-0.2, -0.15) is 0 Å². The van der Waals surface area contributed by atoms with Crippen molar-refractivity contribution in [3.63, 3.8) is 0 Å². The second kappa shape index (κ2) is 7.50. The van der Waals surface area contributed by atoms with Crippen LogP contribution in [0, 0.1) is 11.2 Å². The van der Waals surface area contributed by atoms with Gasteiger partial charge in [0.15, 0.2) is 0 Å². The molecule has 0 heterocycles. The Kier molecular flexibility index (Phi) is 6.58. The normalized spacial score (nSPS) is 15.2. The molecule has 0 saturated heterocycles. The Morgan fingerprint density at radius 2 is 2.05 bits per heavy atom. The van der Waals surface area contributed by atoms with Crippen molar-refractivity contribution in [1.29, 1.82) is 0 Å². The average molecular weight is 347 g/mol. The highest BCUT2D eigenvalue weighted by Gasteiger charge is 2.32. The number of halogens is 2. The quantitative estimate of drug-likeness (QED) is 0.612. The number of rotatable bonds is 6. The van der Waals surface area contributed by atoms with Gasteiger partial charge in [-0.15, -0.1) is 0 Å². The molecule has 0 amide bonds. The van der Waals surface area contributed by atoms with E-state index in [2.05, 4.69) is 42.1 Å². The van der Waals surface area contributed by atoms with E-state index in [4.69, 9.17) is 10.6 Å². The van der Waals surface area contributed by atoms with Crippen LogP contribution in [-0.4, -0.2) is 18.8 Å². The number of ether oxygens (including phenoxy) is 1. The Morgan fingerprint density at radius 3 is 2.50 bits per heavy atom. The van der Waals surface area contributed by atoms with Crippen molar-refractivity contribution in [2.45, 2.75) is 46.3 Å². The van der Waals surface area contributed by atoms with Crippen LogP contribution in [0.5, 0.6) is 0 Å². The molecule has 2 atom stereocenters. The standard InChI is InChI=1S/C15H24BrFN2O/c1-5-20-14(15(2,3)4)13(19-18)9-10-6-7-12(17)11(16)8-10/h6-8,13-14,19H,5,9,18H2,1-4H3. The maximum absolute atomic E-state index is 13.3. The van der Waals surface area contributed by atoms with Crippen LogP contribution < -0.4 is 11.3 Å². The molecule has 20 heavy (non-hydrogen) atoms. The van der Waals surface area contributed by atoms with Crippen LogP contribution in [0.25, 0.3) is 0 Å². The summed E-state index contributed by atoms with van der Waals surface area (Å²) >= 11 is 3.21. The first-order chi connectivity index (χ1) is 9.29. The maximum atomic E-state index is 13.3. The van der Waals surface area contributed by atoms with Crippen LogP contribution in [-0.2, 0) is 11.2 Å². The molecule has 5 heteroatoms. The smallest absolute Gasteiger partial charge is 0.137 e. The van der Waals surface area contributed by atoms with Crippen LogP contribution in [0.3, 0.4) is 0 Å². The van der Waals surface area contributed by atoms with Gasteiger partial charge in [-0.3, -0.25) is 11.3 Å². The zero-order valence-corrected chi connectivity index (χ0v) is 14.1. The van der Waals surface area contributed by atoms with Crippen molar-refractivity contribution in [1.82, 2.24) is 5.43 Å². The van der Waals surface area contributed by atoms with Crippen molar-refractivity contribution in [2.24, 2.45) is 11.3 Å². The van der Waals surface area contributed by atoms with E-state index in [1.807, 2.05) is 6.92 Å². The van der Waals surface area contributed by atoms with Gasteiger partial charge in [0.1, 0.15) is 5.82 Å². The second-order valence-corrected chi connectivity index (χ2v) is 6.82. The van der Waals surface area contributed by atoms with Crippen molar-refractivity contribution in [2.75, 3.05) is 6.61 Å². The van der Waals surface area contributed by atoms with Gasteiger partial charge in [-0.25, -0.2) is 4.39 Å². The summed E-state index contributed by atoms with van der Waals surface area (Å²) in [5.41, 5.74) is 3.81. The van der Waals surface area contributed by atoms with Crippen molar-refractivity contribution < 1.29 is 9.13 Å². The Morgan fingerprint density at radius 1 is 1.40 bits per heavy atom. The molecule has 0 aliphatic rings. The van der Waals surface area contributed by atoms with E-state index < -0.39 is 0 Å². The molecular weight excluding hydrogens is 323 g/mol. The van der Waals surface area contributed by atoms with Gasteiger partial charge in [-0.1, -0.05) is 26.8 Å². The molecule has 0 fully saturated rings. The fourth-order valence-corrected chi connectivity index (χ4v) is 2.75. The summed E-state index contributed by atoms with van der Waals surface area (Å²) < 4.78 is 19.6. The lowest BCUT2D eigenvalue weighted by Crippen LogP contribution is -2.52. The lowest BCUT2D eigenvalue weighted by Gasteiger charge is -2.36. The molecule has 1 aromatic rings. The van der Waals surface area contributed by atoms with E-state index in [1.165, 1.54) is 6.07 Å². The van der Waals surface area contributed by atoms with E-state index >= 15 is 0 Å². The minimum Gasteiger partial charge on any atom is -0.376 e. The Labute approximate surface area is 129 Å². The SMILES string of the molecule is CCOC(C(Cc1ccc(F)c(Br)c1)NN)C(C)(C)C. The summed E-state index contributed by atoms with van der Waals surface area (Å²) in [5, 5.41) is 0. The molecule has 0 radical (unpaired) electrons. The summed E-state index contributed by atoms with van der Waals surface area (Å²) in [6.45, 7) is 8.97. The minimum absolute atomic E-state index is 0.0265. The molecule has 0 aliphatic heterocycles. The van der Waals surface area contributed by atoms with Gasteiger partial charge in [0.25, 0.3) is 0 Å². The molecule has 3 N–H and O–H groups in total. The van der Waals surface area contributed by atoms with Crippen molar-refractivity contribution in [3.05, 3.63) is 34.1 Å². The number of nitrogens with two attached hydrogens (primary N) is 1. The largest absolute Gasteiger partial charge is 0.376 e. The zero-order valence-electron chi connectivity index (χ0n) is 12.5. The predicted octanol–water partition coefficient (Wildman–Crippen LogP) is 3.41.